The van der Waals surface area contributed by atoms with Crippen molar-refractivity contribution >= 4 is 16.9 Å². The molecule has 2 aromatic heterocycles. The molecular formula is C29H44F3N5O3. The van der Waals surface area contributed by atoms with E-state index in [1.165, 1.54) is 6.92 Å². The Hall–Kier alpha value is -2.24. The molecule has 2 aliphatic rings. The Morgan fingerprint density at radius 2 is 1.73 bits per heavy atom. The second-order valence-electron chi connectivity index (χ2n) is 12.8. The maximum absolute atomic E-state index is 12.9. The van der Waals surface area contributed by atoms with E-state index in [1.807, 2.05) is 0 Å². The minimum absolute atomic E-state index is 0.0974. The van der Waals surface area contributed by atoms with Crippen LogP contribution in [0, 0.1) is 0 Å². The molecule has 2 aromatic rings. The Labute approximate surface area is 235 Å². The number of alkyl halides is 3. The predicted octanol–water partition coefficient (Wildman–Crippen LogP) is 5.84. The van der Waals surface area contributed by atoms with Crippen molar-refractivity contribution in [2.45, 2.75) is 121 Å². The topological polar surface area (TPSA) is 92.6 Å². The highest BCUT2D eigenvalue weighted by atomic mass is 19.4. The third kappa shape index (κ3) is 7.33. The van der Waals surface area contributed by atoms with Crippen molar-refractivity contribution in [3.8, 4) is 5.88 Å². The molecule has 2 fully saturated rings. The summed E-state index contributed by atoms with van der Waals surface area (Å²) >= 11 is 0. The summed E-state index contributed by atoms with van der Waals surface area (Å²) in [4.78, 5) is 16.3. The quantitative estimate of drug-likeness (QED) is 0.390. The molecule has 3 heterocycles. The number of pyridine rings is 1. The number of aliphatic hydroxyl groups is 1. The average Bonchev–Trinajstić information content (AvgIpc) is 2.82. The molecule has 0 spiro atoms. The molecule has 1 aliphatic carbocycles. The Balaban J connectivity index is 1.64. The van der Waals surface area contributed by atoms with Gasteiger partial charge in [-0.25, -0.2) is 15.0 Å². The largest absolute Gasteiger partial charge is 0.474 e. The number of halogens is 3. The van der Waals surface area contributed by atoms with Gasteiger partial charge in [0.1, 0.15) is 6.10 Å². The molecule has 11 heteroatoms. The highest BCUT2D eigenvalue weighted by Gasteiger charge is 2.46. The summed E-state index contributed by atoms with van der Waals surface area (Å²) in [6, 6.07) is -0.879. The van der Waals surface area contributed by atoms with Crippen molar-refractivity contribution < 1.29 is 27.8 Å². The monoisotopic (exact) mass is 567 g/mol. The molecule has 0 aromatic carbocycles. The van der Waals surface area contributed by atoms with Gasteiger partial charge in [-0.05, 0) is 66.2 Å². The molecule has 0 radical (unpaired) electrons. The Kier molecular flexibility index (Phi) is 9.16. The van der Waals surface area contributed by atoms with E-state index in [-0.39, 0.29) is 35.2 Å². The number of piperidine rings is 1. The Morgan fingerprint density at radius 1 is 1.07 bits per heavy atom. The van der Waals surface area contributed by atoms with Gasteiger partial charge < -0.3 is 19.9 Å². The highest BCUT2D eigenvalue weighted by molar-refractivity contribution is 5.86. The Morgan fingerprint density at radius 3 is 2.33 bits per heavy atom. The van der Waals surface area contributed by atoms with Crippen molar-refractivity contribution in [3.63, 3.8) is 0 Å². The maximum Gasteiger partial charge on any atom is 0.391 e. The lowest BCUT2D eigenvalue weighted by Gasteiger charge is -2.55. The number of hydrogen-bond donors (Lipinski definition) is 2. The summed E-state index contributed by atoms with van der Waals surface area (Å²) in [5, 5.41) is 13.5. The number of methoxy groups -OCH3 is 1. The molecule has 1 atom stereocenters. The fraction of sp³-hybridized carbons (Fsp3) is 0.759. The zero-order valence-corrected chi connectivity index (χ0v) is 24.5. The molecule has 2 N–H and O–H groups in total. The van der Waals surface area contributed by atoms with Crippen molar-refractivity contribution in [1.29, 1.82) is 0 Å². The first-order valence-electron chi connectivity index (χ1n) is 14.3. The number of ether oxygens (including phenoxy) is 2. The van der Waals surface area contributed by atoms with Gasteiger partial charge in [0, 0.05) is 61.6 Å². The van der Waals surface area contributed by atoms with E-state index in [9.17, 15) is 18.3 Å². The molecule has 1 saturated heterocycles. The maximum atomic E-state index is 12.9. The van der Waals surface area contributed by atoms with Crippen LogP contribution in [-0.4, -0.2) is 80.7 Å². The number of aliphatic hydroxyl groups excluding tert-OH is 1. The lowest BCUT2D eigenvalue weighted by molar-refractivity contribution is -0.136. The molecule has 0 amide bonds. The fourth-order valence-corrected chi connectivity index (χ4v) is 6.74. The van der Waals surface area contributed by atoms with Crippen LogP contribution in [0.25, 0.3) is 10.9 Å². The van der Waals surface area contributed by atoms with Crippen LogP contribution in [-0.2, 0) is 4.74 Å². The number of anilines is 1. The number of hydrogen-bond acceptors (Lipinski definition) is 8. The van der Waals surface area contributed by atoms with Gasteiger partial charge >= 0.3 is 6.18 Å². The number of fused-ring (bicyclic) bond motifs is 1. The van der Waals surface area contributed by atoms with Crippen LogP contribution >= 0.6 is 0 Å². The van der Waals surface area contributed by atoms with Crippen LogP contribution in [0.15, 0.2) is 12.4 Å². The molecule has 224 valence electrons. The molecule has 8 nitrogen and oxygen atoms in total. The molecular weight excluding hydrogens is 523 g/mol. The van der Waals surface area contributed by atoms with Gasteiger partial charge in [-0.3, -0.25) is 4.90 Å². The van der Waals surface area contributed by atoms with Gasteiger partial charge in [0.15, 0.2) is 0 Å². The minimum Gasteiger partial charge on any atom is -0.474 e. The first-order chi connectivity index (χ1) is 18.7. The molecule has 4 rings (SSSR count). The van der Waals surface area contributed by atoms with Crippen molar-refractivity contribution in [2.75, 3.05) is 25.6 Å². The van der Waals surface area contributed by atoms with Crippen LogP contribution < -0.4 is 10.1 Å². The van der Waals surface area contributed by atoms with Crippen LogP contribution in [0.2, 0.25) is 0 Å². The molecule has 0 unspecified atom stereocenters. The Bertz CT molecular complexity index is 1130. The molecule has 1 saturated carbocycles. The van der Waals surface area contributed by atoms with E-state index in [0.29, 0.717) is 36.2 Å². The van der Waals surface area contributed by atoms with E-state index in [0.717, 1.165) is 37.8 Å². The zero-order chi connectivity index (χ0) is 29.3. The molecule has 0 bridgehead atoms. The summed E-state index contributed by atoms with van der Waals surface area (Å²) in [5.74, 6) is 0.725. The second-order valence-corrected chi connectivity index (χ2v) is 12.8. The second kappa shape index (κ2) is 11.9. The standard InChI is InChI=1S/C29H44F3N5O3/c1-18(13-29(30,31)32)35-26-34-17-23-24(36-26)22(19-7-9-20(38)10-8-19)16-33-25(23)40-21-14-27(2,3)37(11-12-39-6)28(4,5)15-21/h16-21,38H,7-15H2,1-6H3,(H,34,35,36)/t18-,19-,20-/m0/s1. The number of nitrogens with one attached hydrogen (secondary N) is 1. The smallest absolute Gasteiger partial charge is 0.391 e. The van der Waals surface area contributed by atoms with E-state index >= 15 is 0 Å². The van der Waals surface area contributed by atoms with E-state index in [4.69, 9.17) is 19.4 Å². The number of likely N-dealkylation sites (tertiary alicyclic amines) is 1. The number of nitrogens with zero attached hydrogens (tertiary/aromatic N) is 4. The first kappa shape index (κ1) is 30.7. The zero-order valence-electron chi connectivity index (χ0n) is 24.5. The van der Waals surface area contributed by atoms with Gasteiger partial charge in [0.05, 0.1) is 30.0 Å². The van der Waals surface area contributed by atoms with Crippen molar-refractivity contribution in [2.24, 2.45) is 0 Å². The van der Waals surface area contributed by atoms with Crippen LogP contribution in [0.1, 0.15) is 91.0 Å². The lowest BCUT2D eigenvalue weighted by atomic mass is 9.78. The summed E-state index contributed by atoms with van der Waals surface area (Å²) in [5.41, 5.74) is 1.29. The summed E-state index contributed by atoms with van der Waals surface area (Å²) in [7, 11) is 1.71. The fourth-order valence-electron chi connectivity index (χ4n) is 6.74. The molecule has 40 heavy (non-hydrogen) atoms. The van der Waals surface area contributed by atoms with Gasteiger partial charge in [-0.15, -0.1) is 0 Å². The summed E-state index contributed by atoms with van der Waals surface area (Å²) < 4.78 is 50.7. The van der Waals surface area contributed by atoms with E-state index in [2.05, 4.69) is 42.9 Å². The normalized spacial score (nSPS) is 24.6. The third-order valence-corrected chi connectivity index (χ3v) is 8.38. The number of aromatic nitrogens is 3. The van der Waals surface area contributed by atoms with E-state index in [1.54, 1.807) is 19.5 Å². The lowest BCUT2D eigenvalue weighted by Crippen LogP contribution is -2.63. The van der Waals surface area contributed by atoms with Gasteiger partial charge in [0.2, 0.25) is 11.8 Å². The minimum atomic E-state index is -4.29. The van der Waals surface area contributed by atoms with Crippen LogP contribution in [0.5, 0.6) is 5.88 Å². The molecule has 1 aliphatic heterocycles. The van der Waals surface area contributed by atoms with Crippen molar-refractivity contribution in [1.82, 2.24) is 19.9 Å². The SMILES string of the molecule is COCCN1C(C)(C)CC(Oc2ncc([C@H]3CC[C@H](O)CC3)c3nc(N[C@@H](C)CC(F)(F)F)ncc23)CC1(C)C. The van der Waals surface area contributed by atoms with Crippen molar-refractivity contribution in [3.05, 3.63) is 18.0 Å². The first-order valence-corrected chi connectivity index (χ1v) is 14.3. The highest BCUT2D eigenvalue weighted by Crippen LogP contribution is 2.42. The van der Waals surface area contributed by atoms with Crippen LogP contribution in [0.3, 0.4) is 0 Å². The van der Waals surface area contributed by atoms with Crippen LogP contribution in [0.4, 0.5) is 19.1 Å². The van der Waals surface area contributed by atoms with E-state index < -0.39 is 18.6 Å². The summed E-state index contributed by atoms with van der Waals surface area (Å²) in [6.07, 6.45) is 2.26. The van der Waals surface area contributed by atoms with Gasteiger partial charge in [0.25, 0.3) is 0 Å². The van der Waals surface area contributed by atoms with Gasteiger partial charge in [-0.2, -0.15) is 13.2 Å². The number of rotatable bonds is 9. The predicted molar refractivity (Wildman–Crippen MR) is 149 cm³/mol. The average molecular weight is 568 g/mol. The summed E-state index contributed by atoms with van der Waals surface area (Å²) in [6.45, 7) is 11.8. The third-order valence-electron chi connectivity index (χ3n) is 8.38. The van der Waals surface area contributed by atoms with Gasteiger partial charge in [-0.1, -0.05) is 0 Å².